The van der Waals surface area contributed by atoms with Crippen molar-refractivity contribution in [2.45, 2.75) is 26.4 Å². The maximum atomic E-state index is 12.2. The lowest BCUT2D eigenvalue weighted by molar-refractivity contribution is -0.138. The van der Waals surface area contributed by atoms with Crippen LogP contribution in [0, 0.1) is 11.3 Å². The molecule has 1 atom stereocenters. The molecule has 1 aromatic carbocycles. The average molecular weight is 334 g/mol. The smallest absolute Gasteiger partial charge is 0.339 e. The second kappa shape index (κ2) is 9.40. The van der Waals surface area contributed by atoms with Gasteiger partial charge in [0.25, 0.3) is 5.91 Å². The molecule has 1 amide bonds. The quantitative estimate of drug-likeness (QED) is 0.676. The highest BCUT2D eigenvalue weighted by molar-refractivity contribution is 5.92. The van der Waals surface area contributed by atoms with Crippen LogP contribution >= 0.6 is 0 Å². The van der Waals surface area contributed by atoms with Gasteiger partial charge in [0.15, 0.2) is 17.6 Å². The van der Waals surface area contributed by atoms with Crippen molar-refractivity contribution in [1.29, 1.82) is 5.26 Å². The van der Waals surface area contributed by atoms with Gasteiger partial charge < -0.3 is 19.1 Å². The van der Waals surface area contributed by atoms with Gasteiger partial charge in [0.2, 0.25) is 0 Å². The molecule has 0 aliphatic rings. The molecule has 0 bridgehead atoms. The van der Waals surface area contributed by atoms with Crippen LogP contribution in [0.2, 0.25) is 0 Å². The molecule has 0 aliphatic carbocycles. The monoisotopic (exact) mass is 334 g/mol. The molecule has 0 aliphatic heterocycles. The van der Waals surface area contributed by atoms with Gasteiger partial charge in [0, 0.05) is 13.6 Å². The van der Waals surface area contributed by atoms with E-state index in [2.05, 4.69) is 0 Å². The molecule has 1 aromatic rings. The number of nitriles is 1. The first-order valence-corrected chi connectivity index (χ1v) is 7.58. The highest BCUT2D eigenvalue weighted by atomic mass is 16.5. The first-order valence-electron chi connectivity index (χ1n) is 7.58. The van der Waals surface area contributed by atoms with E-state index in [-0.39, 0.29) is 24.4 Å². The van der Waals surface area contributed by atoms with Crippen molar-refractivity contribution in [3.05, 3.63) is 23.8 Å². The van der Waals surface area contributed by atoms with Crippen LogP contribution in [0.1, 0.15) is 30.6 Å². The van der Waals surface area contributed by atoms with Crippen LogP contribution < -0.4 is 9.47 Å². The molecule has 0 heterocycles. The normalized spacial score (nSPS) is 11.1. The standard InChI is InChI=1S/C17H22N2O5/c1-5-23-15-11-13(7-8-14(15)22-4)17(21)24-12(2)16(20)19(3)10-6-9-18/h7-8,11-12H,5-6,10H2,1-4H3/t12-/m0/s1. The zero-order valence-corrected chi connectivity index (χ0v) is 14.4. The highest BCUT2D eigenvalue weighted by Gasteiger charge is 2.22. The summed E-state index contributed by atoms with van der Waals surface area (Å²) in [5.74, 6) is -0.0568. The van der Waals surface area contributed by atoms with Gasteiger partial charge in [0.05, 0.1) is 31.8 Å². The number of nitrogens with zero attached hydrogens (tertiary/aromatic N) is 2. The van der Waals surface area contributed by atoms with Crippen molar-refractivity contribution in [1.82, 2.24) is 4.90 Å². The van der Waals surface area contributed by atoms with Gasteiger partial charge in [0.1, 0.15) is 0 Å². The summed E-state index contributed by atoms with van der Waals surface area (Å²) >= 11 is 0. The highest BCUT2D eigenvalue weighted by Crippen LogP contribution is 2.28. The molecule has 0 spiro atoms. The summed E-state index contributed by atoms with van der Waals surface area (Å²) < 4.78 is 15.8. The van der Waals surface area contributed by atoms with E-state index in [1.165, 1.54) is 25.0 Å². The molecule has 0 aromatic heterocycles. The van der Waals surface area contributed by atoms with E-state index in [9.17, 15) is 9.59 Å². The number of ether oxygens (including phenoxy) is 3. The molecule has 0 N–H and O–H groups in total. The summed E-state index contributed by atoms with van der Waals surface area (Å²) in [6.45, 7) is 4.03. The lowest BCUT2D eigenvalue weighted by atomic mass is 10.2. The second-order valence-electron chi connectivity index (χ2n) is 5.01. The number of rotatable bonds is 8. The van der Waals surface area contributed by atoms with E-state index in [4.69, 9.17) is 19.5 Å². The zero-order chi connectivity index (χ0) is 18.1. The number of hydrogen-bond acceptors (Lipinski definition) is 6. The maximum absolute atomic E-state index is 12.2. The predicted octanol–water partition coefficient (Wildman–Crippen LogP) is 2.01. The molecule has 0 unspecified atom stereocenters. The van der Waals surface area contributed by atoms with Gasteiger partial charge in [-0.15, -0.1) is 0 Å². The van der Waals surface area contributed by atoms with E-state index < -0.39 is 12.1 Å². The molecular weight excluding hydrogens is 312 g/mol. The molecule has 24 heavy (non-hydrogen) atoms. The zero-order valence-electron chi connectivity index (χ0n) is 14.4. The molecule has 7 heteroatoms. The Balaban J connectivity index is 2.78. The van der Waals surface area contributed by atoms with Crippen molar-refractivity contribution in [3.8, 4) is 17.6 Å². The van der Waals surface area contributed by atoms with Crippen molar-refractivity contribution < 1.29 is 23.8 Å². The fourth-order valence-electron chi connectivity index (χ4n) is 1.99. The molecule has 130 valence electrons. The van der Waals surface area contributed by atoms with Crippen LogP contribution in [-0.2, 0) is 9.53 Å². The van der Waals surface area contributed by atoms with Gasteiger partial charge in [-0.1, -0.05) is 0 Å². The SMILES string of the molecule is CCOc1cc(C(=O)O[C@@H](C)C(=O)N(C)CCC#N)ccc1OC. The Morgan fingerprint density at radius 3 is 2.62 bits per heavy atom. The number of methoxy groups -OCH3 is 1. The topological polar surface area (TPSA) is 88.9 Å². The minimum Gasteiger partial charge on any atom is -0.493 e. The van der Waals surface area contributed by atoms with Gasteiger partial charge in [-0.05, 0) is 32.0 Å². The van der Waals surface area contributed by atoms with E-state index in [0.717, 1.165) is 0 Å². The Bertz CT molecular complexity index is 624. The number of carbonyl (C=O) groups excluding carboxylic acids is 2. The van der Waals surface area contributed by atoms with Crippen molar-refractivity contribution in [3.63, 3.8) is 0 Å². The van der Waals surface area contributed by atoms with Gasteiger partial charge in [-0.3, -0.25) is 4.79 Å². The molecule has 1 rings (SSSR count). The Morgan fingerprint density at radius 1 is 1.33 bits per heavy atom. The number of esters is 1. The minimum absolute atomic E-state index is 0.221. The van der Waals surface area contributed by atoms with Crippen LogP contribution in [-0.4, -0.2) is 50.2 Å². The summed E-state index contributed by atoms with van der Waals surface area (Å²) in [6, 6.07) is 6.62. The third-order valence-corrected chi connectivity index (χ3v) is 3.27. The van der Waals surface area contributed by atoms with Crippen LogP contribution in [0.25, 0.3) is 0 Å². The van der Waals surface area contributed by atoms with Crippen molar-refractivity contribution >= 4 is 11.9 Å². The molecule has 0 radical (unpaired) electrons. The van der Waals surface area contributed by atoms with E-state index in [1.807, 2.05) is 13.0 Å². The second-order valence-corrected chi connectivity index (χ2v) is 5.01. The average Bonchev–Trinajstić information content (AvgIpc) is 2.58. The van der Waals surface area contributed by atoms with Crippen LogP contribution in [0.3, 0.4) is 0 Å². The van der Waals surface area contributed by atoms with Crippen LogP contribution in [0.4, 0.5) is 0 Å². The molecule has 0 saturated heterocycles. The minimum atomic E-state index is -0.946. The number of amides is 1. The summed E-state index contributed by atoms with van der Waals surface area (Å²) in [5, 5.41) is 8.55. The fraction of sp³-hybridized carbons (Fsp3) is 0.471. The van der Waals surface area contributed by atoms with Gasteiger partial charge in [-0.2, -0.15) is 5.26 Å². The number of likely N-dealkylation sites (N-methyl/N-ethyl adjacent to an activating group) is 1. The van der Waals surface area contributed by atoms with E-state index in [0.29, 0.717) is 18.1 Å². The summed E-state index contributed by atoms with van der Waals surface area (Å²) in [7, 11) is 3.07. The lowest BCUT2D eigenvalue weighted by Crippen LogP contribution is -2.37. The Labute approximate surface area is 141 Å². The summed E-state index contributed by atoms with van der Waals surface area (Å²) in [6.07, 6.45) is -0.724. The Kier molecular flexibility index (Phi) is 7.56. The van der Waals surface area contributed by atoms with Crippen LogP contribution in [0.5, 0.6) is 11.5 Å². The first kappa shape index (κ1) is 19.3. The largest absolute Gasteiger partial charge is 0.493 e. The number of carbonyl (C=O) groups is 2. The summed E-state index contributed by atoms with van der Waals surface area (Å²) in [5.41, 5.74) is 0.263. The number of hydrogen-bond donors (Lipinski definition) is 0. The Morgan fingerprint density at radius 2 is 2.04 bits per heavy atom. The molecule has 7 nitrogen and oxygen atoms in total. The molecular formula is C17H22N2O5. The molecule has 0 fully saturated rings. The maximum Gasteiger partial charge on any atom is 0.339 e. The summed E-state index contributed by atoms with van der Waals surface area (Å²) in [4.78, 5) is 25.7. The van der Waals surface area contributed by atoms with E-state index >= 15 is 0 Å². The van der Waals surface area contributed by atoms with Gasteiger partial charge in [-0.25, -0.2) is 4.79 Å². The van der Waals surface area contributed by atoms with Crippen molar-refractivity contribution in [2.24, 2.45) is 0 Å². The molecule has 0 saturated carbocycles. The fourth-order valence-corrected chi connectivity index (χ4v) is 1.99. The first-order chi connectivity index (χ1) is 11.4. The third kappa shape index (κ3) is 5.16. The predicted molar refractivity (Wildman–Crippen MR) is 86.9 cm³/mol. The number of benzene rings is 1. The Hall–Kier alpha value is -2.75. The van der Waals surface area contributed by atoms with E-state index in [1.54, 1.807) is 19.2 Å². The van der Waals surface area contributed by atoms with Crippen LogP contribution in [0.15, 0.2) is 18.2 Å². The van der Waals surface area contributed by atoms with Crippen molar-refractivity contribution in [2.75, 3.05) is 27.3 Å². The lowest BCUT2D eigenvalue weighted by Gasteiger charge is -2.20. The van der Waals surface area contributed by atoms with Gasteiger partial charge >= 0.3 is 5.97 Å². The third-order valence-electron chi connectivity index (χ3n) is 3.27.